The molecule has 2 unspecified atom stereocenters. The largest absolute Gasteiger partial charge is 0.388 e. The maximum atomic E-state index is 9.81. The second kappa shape index (κ2) is 2.80. The zero-order valence-electron chi connectivity index (χ0n) is 8.54. The second-order valence-electron chi connectivity index (χ2n) is 4.79. The van der Waals surface area contributed by atoms with Crippen LogP contribution in [0.4, 0.5) is 0 Å². The number of hydrogen-bond donors (Lipinski definition) is 3. The van der Waals surface area contributed by atoms with Crippen LogP contribution in [0.25, 0.3) is 0 Å². The highest BCUT2D eigenvalue weighted by molar-refractivity contribution is 5.20. The minimum atomic E-state index is -0.944. The molecule has 0 bridgehead atoms. The molecule has 0 heterocycles. The molecule has 13 heavy (non-hydrogen) atoms. The van der Waals surface area contributed by atoms with Crippen LogP contribution in [0.3, 0.4) is 0 Å². The third-order valence-corrected chi connectivity index (χ3v) is 2.92. The Hall–Kier alpha value is -0.380. The van der Waals surface area contributed by atoms with Crippen LogP contribution in [0.5, 0.6) is 0 Å². The molecule has 0 radical (unpaired) electrons. The molecule has 0 aliphatic heterocycles. The molecule has 0 spiro atoms. The van der Waals surface area contributed by atoms with Crippen LogP contribution in [-0.2, 0) is 0 Å². The summed E-state index contributed by atoms with van der Waals surface area (Å²) in [5.74, 6) is 0. The van der Waals surface area contributed by atoms with Crippen LogP contribution >= 0.6 is 0 Å². The van der Waals surface area contributed by atoms with E-state index in [1.54, 1.807) is 32.9 Å². The van der Waals surface area contributed by atoms with E-state index in [2.05, 4.69) is 0 Å². The van der Waals surface area contributed by atoms with Gasteiger partial charge in [0.05, 0.1) is 16.7 Å². The first-order chi connectivity index (χ1) is 5.66. The predicted molar refractivity (Wildman–Crippen MR) is 52.2 cm³/mol. The van der Waals surface area contributed by atoms with Gasteiger partial charge in [0, 0.05) is 0 Å². The first-order valence-corrected chi connectivity index (χ1v) is 4.60. The standard InChI is InChI=1S/C10H19NO2/c1-8(2,12)10(11)6-4-9(3,13)5-7-10/h4,6,12-13H,5,7,11H2,1-3H3. The van der Waals surface area contributed by atoms with Crippen molar-refractivity contribution in [1.82, 2.24) is 0 Å². The Morgan fingerprint density at radius 2 is 1.85 bits per heavy atom. The number of nitrogens with two attached hydrogens (primary N) is 1. The van der Waals surface area contributed by atoms with Gasteiger partial charge >= 0.3 is 0 Å². The fourth-order valence-corrected chi connectivity index (χ4v) is 1.46. The molecule has 0 aromatic carbocycles. The molecule has 4 N–H and O–H groups in total. The third kappa shape index (κ3) is 2.10. The Morgan fingerprint density at radius 3 is 2.15 bits per heavy atom. The van der Waals surface area contributed by atoms with Gasteiger partial charge in [0.15, 0.2) is 0 Å². The molecule has 3 heteroatoms. The number of rotatable bonds is 1. The van der Waals surface area contributed by atoms with Gasteiger partial charge in [-0.25, -0.2) is 0 Å². The van der Waals surface area contributed by atoms with Gasteiger partial charge in [0.25, 0.3) is 0 Å². The molecule has 1 rings (SSSR count). The van der Waals surface area contributed by atoms with E-state index in [0.29, 0.717) is 12.8 Å². The number of hydrogen-bond acceptors (Lipinski definition) is 3. The van der Waals surface area contributed by atoms with Crippen LogP contribution < -0.4 is 5.73 Å². The second-order valence-corrected chi connectivity index (χ2v) is 4.79. The van der Waals surface area contributed by atoms with E-state index in [1.807, 2.05) is 0 Å². The predicted octanol–water partition coefficient (Wildman–Crippen LogP) is 0.556. The summed E-state index contributed by atoms with van der Waals surface area (Å²) in [6, 6.07) is 0. The van der Waals surface area contributed by atoms with E-state index in [9.17, 15) is 10.2 Å². The molecule has 0 amide bonds. The van der Waals surface area contributed by atoms with Crippen molar-refractivity contribution in [2.75, 3.05) is 0 Å². The zero-order valence-corrected chi connectivity index (χ0v) is 8.54. The van der Waals surface area contributed by atoms with Gasteiger partial charge in [-0.3, -0.25) is 0 Å². The Kier molecular flexibility index (Phi) is 2.31. The Labute approximate surface area is 79.3 Å². The fourth-order valence-electron chi connectivity index (χ4n) is 1.46. The molecule has 1 aliphatic carbocycles. The maximum Gasteiger partial charge on any atom is 0.0806 e. The van der Waals surface area contributed by atoms with Crippen molar-refractivity contribution in [3.8, 4) is 0 Å². The van der Waals surface area contributed by atoms with E-state index in [0.717, 1.165) is 0 Å². The summed E-state index contributed by atoms with van der Waals surface area (Å²) in [4.78, 5) is 0. The molecule has 76 valence electrons. The van der Waals surface area contributed by atoms with Crippen LogP contribution in [0.1, 0.15) is 33.6 Å². The summed E-state index contributed by atoms with van der Waals surface area (Å²) in [7, 11) is 0. The van der Waals surface area contributed by atoms with Crippen LogP contribution in [0, 0.1) is 0 Å². The lowest BCUT2D eigenvalue weighted by Gasteiger charge is -2.42. The molecule has 0 aromatic rings. The van der Waals surface area contributed by atoms with Crippen molar-refractivity contribution in [2.45, 2.75) is 50.4 Å². The molecular formula is C10H19NO2. The van der Waals surface area contributed by atoms with E-state index >= 15 is 0 Å². The van der Waals surface area contributed by atoms with Crippen molar-refractivity contribution < 1.29 is 10.2 Å². The van der Waals surface area contributed by atoms with Crippen molar-refractivity contribution in [3.63, 3.8) is 0 Å². The minimum absolute atomic E-state index is 0.587. The fraction of sp³-hybridized carbons (Fsp3) is 0.800. The molecule has 3 nitrogen and oxygen atoms in total. The van der Waals surface area contributed by atoms with Crippen LogP contribution in [0.2, 0.25) is 0 Å². The van der Waals surface area contributed by atoms with Crippen molar-refractivity contribution in [2.24, 2.45) is 5.73 Å². The normalized spacial score (nSPS) is 40.8. The zero-order chi connectivity index (χ0) is 10.3. The smallest absolute Gasteiger partial charge is 0.0806 e. The van der Waals surface area contributed by atoms with Crippen molar-refractivity contribution >= 4 is 0 Å². The topological polar surface area (TPSA) is 66.5 Å². The van der Waals surface area contributed by atoms with Crippen LogP contribution in [0.15, 0.2) is 12.2 Å². The quantitative estimate of drug-likeness (QED) is 0.523. The summed E-state index contributed by atoms with van der Waals surface area (Å²) >= 11 is 0. The van der Waals surface area contributed by atoms with Gasteiger partial charge in [-0.2, -0.15) is 0 Å². The van der Waals surface area contributed by atoms with Crippen molar-refractivity contribution in [1.29, 1.82) is 0 Å². The summed E-state index contributed by atoms with van der Waals surface area (Å²) < 4.78 is 0. The first-order valence-electron chi connectivity index (χ1n) is 4.60. The van der Waals surface area contributed by atoms with E-state index < -0.39 is 16.7 Å². The first kappa shape index (κ1) is 10.7. The molecule has 0 aromatic heterocycles. The molecule has 2 atom stereocenters. The van der Waals surface area contributed by atoms with Gasteiger partial charge in [-0.05, 0) is 33.6 Å². The minimum Gasteiger partial charge on any atom is -0.388 e. The highest BCUT2D eigenvalue weighted by atomic mass is 16.3. The highest BCUT2D eigenvalue weighted by Gasteiger charge is 2.42. The van der Waals surface area contributed by atoms with E-state index in [4.69, 9.17) is 5.73 Å². The SMILES string of the molecule is CC1(O)C=CC(N)(C(C)(C)O)CC1. The Bertz CT molecular complexity index is 228. The average Bonchev–Trinajstić information content (AvgIpc) is 1.94. The lowest BCUT2D eigenvalue weighted by molar-refractivity contribution is -0.00505. The van der Waals surface area contributed by atoms with Gasteiger partial charge < -0.3 is 15.9 Å². The lowest BCUT2D eigenvalue weighted by atomic mass is 9.73. The van der Waals surface area contributed by atoms with Gasteiger partial charge in [0.2, 0.25) is 0 Å². The number of aliphatic hydroxyl groups is 2. The lowest BCUT2D eigenvalue weighted by Crippen LogP contribution is -2.58. The molecule has 0 saturated carbocycles. The molecule has 0 fully saturated rings. The monoisotopic (exact) mass is 185 g/mol. The van der Waals surface area contributed by atoms with E-state index in [1.165, 1.54) is 0 Å². The molecular weight excluding hydrogens is 166 g/mol. The maximum absolute atomic E-state index is 9.81. The summed E-state index contributed by atoms with van der Waals surface area (Å²) in [5, 5.41) is 19.5. The summed E-state index contributed by atoms with van der Waals surface area (Å²) in [5.41, 5.74) is 3.58. The summed E-state index contributed by atoms with van der Waals surface area (Å²) in [6.45, 7) is 5.13. The molecule has 0 saturated heterocycles. The Morgan fingerprint density at radius 1 is 1.31 bits per heavy atom. The van der Waals surface area contributed by atoms with Gasteiger partial charge in [0.1, 0.15) is 0 Å². The Balaban J connectivity index is 2.88. The van der Waals surface area contributed by atoms with Crippen molar-refractivity contribution in [3.05, 3.63) is 12.2 Å². The van der Waals surface area contributed by atoms with Crippen LogP contribution in [-0.4, -0.2) is 27.0 Å². The summed E-state index contributed by atoms with van der Waals surface area (Å²) in [6.07, 6.45) is 4.58. The van der Waals surface area contributed by atoms with Gasteiger partial charge in [-0.1, -0.05) is 12.2 Å². The van der Waals surface area contributed by atoms with Gasteiger partial charge in [-0.15, -0.1) is 0 Å². The molecule has 1 aliphatic rings. The average molecular weight is 185 g/mol. The van der Waals surface area contributed by atoms with E-state index in [-0.39, 0.29) is 0 Å². The highest BCUT2D eigenvalue weighted by Crippen LogP contribution is 2.33. The third-order valence-electron chi connectivity index (χ3n) is 2.92.